The number of pyridine rings is 3. The zero-order valence-corrected chi connectivity index (χ0v) is 41.8. The maximum absolute atomic E-state index is 7.44. The molecule has 1 atom stereocenters. The largest absolute Gasteiger partial charge is 0.455 e. The molecule has 358 valence electrons. The minimum atomic E-state index is -0.839. The van der Waals surface area contributed by atoms with Crippen LogP contribution in [0, 0.1) is 13.8 Å². The summed E-state index contributed by atoms with van der Waals surface area (Å²) in [5.74, 6) is 0. The highest BCUT2D eigenvalue weighted by atomic mass is 16.3. The molecule has 2 aliphatic rings. The van der Waals surface area contributed by atoms with Gasteiger partial charge in [0.1, 0.15) is 11.2 Å². The van der Waals surface area contributed by atoms with Crippen molar-refractivity contribution in [3.63, 3.8) is 0 Å². The number of furan rings is 1. The summed E-state index contributed by atoms with van der Waals surface area (Å²) in [5.41, 5.74) is 22.2. The topological polar surface area (TPSA) is 58.3 Å². The highest BCUT2D eigenvalue weighted by Crippen LogP contribution is 2.67. The molecule has 13 aromatic rings. The highest BCUT2D eigenvalue weighted by Gasteiger charge is 2.54. The number of hydrogen-bond donors (Lipinski definition) is 0. The van der Waals surface area contributed by atoms with E-state index < -0.39 is 5.41 Å². The van der Waals surface area contributed by atoms with Gasteiger partial charge in [-0.05, 0) is 142 Å². The van der Waals surface area contributed by atoms with Crippen molar-refractivity contribution in [2.75, 3.05) is 9.80 Å². The van der Waals surface area contributed by atoms with E-state index in [4.69, 9.17) is 19.4 Å². The number of benzene rings is 9. The Kier molecular flexibility index (Phi) is 9.81. The van der Waals surface area contributed by atoms with E-state index in [9.17, 15) is 0 Å². The average molecular weight is 974 g/mol. The van der Waals surface area contributed by atoms with Crippen molar-refractivity contribution >= 4 is 66.8 Å². The van der Waals surface area contributed by atoms with Crippen molar-refractivity contribution < 1.29 is 4.42 Å². The van der Waals surface area contributed by atoms with Crippen LogP contribution in [0.5, 0.6) is 0 Å². The Labute approximate surface area is 440 Å². The molecule has 1 spiro atoms. The maximum atomic E-state index is 7.44. The van der Waals surface area contributed by atoms with Gasteiger partial charge in [0.25, 0.3) is 0 Å². The lowest BCUT2D eigenvalue weighted by atomic mass is 9.70. The molecule has 6 heteroatoms. The number of anilines is 6. The van der Waals surface area contributed by atoms with E-state index in [-0.39, 0.29) is 0 Å². The monoisotopic (exact) mass is 973 g/mol. The van der Waals surface area contributed by atoms with Crippen molar-refractivity contribution in [2.45, 2.75) is 19.3 Å². The number of nitrogens with zero attached hydrogens (tertiary/aromatic N) is 5. The molecule has 76 heavy (non-hydrogen) atoms. The van der Waals surface area contributed by atoms with Gasteiger partial charge in [0.2, 0.25) is 0 Å². The molecule has 9 aromatic carbocycles. The summed E-state index contributed by atoms with van der Waals surface area (Å²) in [7, 11) is 0. The molecule has 0 aliphatic heterocycles. The lowest BCUT2D eigenvalue weighted by molar-refractivity contribution is 0.669. The van der Waals surface area contributed by atoms with Crippen LogP contribution in [0.25, 0.3) is 77.3 Å². The first kappa shape index (κ1) is 43.7. The number of aromatic nitrogens is 3. The van der Waals surface area contributed by atoms with E-state index in [1.165, 1.54) is 16.7 Å². The van der Waals surface area contributed by atoms with Crippen LogP contribution in [0.3, 0.4) is 0 Å². The third kappa shape index (κ3) is 6.50. The van der Waals surface area contributed by atoms with Crippen LogP contribution < -0.4 is 9.80 Å². The maximum Gasteiger partial charge on any atom is 0.145 e. The zero-order valence-electron chi connectivity index (χ0n) is 41.8. The van der Waals surface area contributed by atoms with Gasteiger partial charge in [-0.15, -0.1) is 0 Å². The summed E-state index contributed by atoms with van der Waals surface area (Å²) in [6, 6.07) is 83.2. The Hall–Kier alpha value is -9.91. The van der Waals surface area contributed by atoms with Crippen molar-refractivity contribution in [1.82, 2.24) is 15.0 Å². The lowest BCUT2D eigenvalue weighted by Crippen LogP contribution is -2.27. The second-order valence-corrected chi connectivity index (χ2v) is 20.0. The Morgan fingerprint density at radius 2 is 0.882 bits per heavy atom. The van der Waals surface area contributed by atoms with Gasteiger partial charge in [0.15, 0.2) is 0 Å². The van der Waals surface area contributed by atoms with E-state index in [0.29, 0.717) is 0 Å². The third-order valence-corrected chi connectivity index (χ3v) is 15.8. The van der Waals surface area contributed by atoms with E-state index >= 15 is 0 Å². The quantitative estimate of drug-likeness (QED) is 0.151. The van der Waals surface area contributed by atoms with Gasteiger partial charge in [-0.1, -0.05) is 158 Å². The Bertz CT molecular complexity index is 4350. The number of para-hydroxylation sites is 1. The van der Waals surface area contributed by atoms with Crippen LogP contribution in [0.4, 0.5) is 34.1 Å². The van der Waals surface area contributed by atoms with Crippen LogP contribution in [0.2, 0.25) is 0 Å². The predicted molar refractivity (Wildman–Crippen MR) is 311 cm³/mol. The SMILES string of the molecule is Cc1ccc(N(c2ccc(-c3ccccc3)cc2)c2cc3c(c4ccccc24)-c2c(cc(N(c4ccc(-c5ccccc5)cc4)c4ccc(C)nc4)c4c2oc2ccccc24)C32c3ccccc3-c3ncccc32)cn1. The van der Waals surface area contributed by atoms with Crippen LogP contribution >= 0.6 is 0 Å². The highest BCUT2D eigenvalue weighted by molar-refractivity contribution is 6.23. The zero-order chi connectivity index (χ0) is 50.5. The molecule has 0 saturated carbocycles. The Morgan fingerprint density at radius 3 is 1.51 bits per heavy atom. The number of aryl methyl sites for hydroxylation is 2. The van der Waals surface area contributed by atoms with Gasteiger partial charge in [0, 0.05) is 50.9 Å². The van der Waals surface area contributed by atoms with Crippen LogP contribution in [0.1, 0.15) is 33.6 Å². The fourth-order valence-corrected chi connectivity index (χ4v) is 12.4. The molecule has 15 rings (SSSR count). The molecule has 0 saturated heterocycles. The summed E-state index contributed by atoms with van der Waals surface area (Å²) in [4.78, 5) is 19.9. The molecule has 0 fully saturated rings. The van der Waals surface area contributed by atoms with Gasteiger partial charge < -0.3 is 14.2 Å². The van der Waals surface area contributed by atoms with Crippen molar-refractivity contribution in [1.29, 1.82) is 0 Å². The molecule has 0 bridgehead atoms. The molecule has 4 heterocycles. The fourth-order valence-electron chi connectivity index (χ4n) is 12.4. The number of hydrogen-bond acceptors (Lipinski definition) is 6. The lowest BCUT2D eigenvalue weighted by Gasteiger charge is -2.33. The van der Waals surface area contributed by atoms with Crippen molar-refractivity contribution in [3.05, 3.63) is 283 Å². The summed E-state index contributed by atoms with van der Waals surface area (Å²) in [6.45, 7) is 4.08. The van der Waals surface area contributed by atoms with E-state index in [0.717, 1.165) is 128 Å². The fraction of sp³-hybridized carbons (Fsp3) is 0.0429. The standard InChI is InChI=1S/C70H47N5O/c1-44-27-33-52(42-72-44)74(50-35-29-48(30-36-50)46-16-5-3-6-17-46)62-40-60-65(55-21-10-9-20-54(55)62)67-61(70(60)58-24-13-11-22-56(58)68-59(70)25-15-39-71-68)41-63(66-57-23-12-14-26-64(57)76-69(66)67)75(53-34-28-45(2)73-43-53)51-37-31-49(32-38-51)47-18-7-4-8-19-47/h3-43H,1-2H3. The van der Waals surface area contributed by atoms with E-state index in [2.05, 4.69) is 240 Å². The molecule has 0 amide bonds. The summed E-state index contributed by atoms with van der Waals surface area (Å²) in [6.07, 6.45) is 5.93. The van der Waals surface area contributed by atoms with Crippen LogP contribution in [0.15, 0.2) is 254 Å². The number of fused-ring (bicyclic) bond motifs is 16. The molecule has 4 aromatic heterocycles. The molecule has 0 radical (unpaired) electrons. The van der Waals surface area contributed by atoms with E-state index in [1.807, 2.05) is 32.4 Å². The predicted octanol–water partition coefficient (Wildman–Crippen LogP) is 18.2. The minimum absolute atomic E-state index is 0.822. The smallest absolute Gasteiger partial charge is 0.145 e. The Morgan fingerprint density at radius 1 is 0.382 bits per heavy atom. The molecular formula is C70H47N5O. The first-order valence-electron chi connectivity index (χ1n) is 25.9. The van der Waals surface area contributed by atoms with Crippen molar-refractivity contribution in [2.24, 2.45) is 0 Å². The molecule has 1 unspecified atom stereocenters. The third-order valence-electron chi connectivity index (χ3n) is 15.8. The van der Waals surface area contributed by atoms with Crippen LogP contribution in [-0.4, -0.2) is 15.0 Å². The summed E-state index contributed by atoms with van der Waals surface area (Å²) in [5, 5.41) is 4.30. The molecule has 0 N–H and O–H groups in total. The van der Waals surface area contributed by atoms with Gasteiger partial charge in [-0.25, -0.2) is 0 Å². The van der Waals surface area contributed by atoms with E-state index in [1.54, 1.807) is 0 Å². The average Bonchev–Trinajstić information content (AvgIpc) is 4.30. The normalized spacial score (nSPS) is 14.0. The van der Waals surface area contributed by atoms with Gasteiger partial charge in [0.05, 0.1) is 51.6 Å². The van der Waals surface area contributed by atoms with Crippen molar-refractivity contribution in [3.8, 4) is 44.6 Å². The molecule has 6 nitrogen and oxygen atoms in total. The summed E-state index contributed by atoms with van der Waals surface area (Å²) >= 11 is 0. The minimum Gasteiger partial charge on any atom is -0.455 e. The van der Waals surface area contributed by atoms with Crippen LogP contribution in [-0.2, 0) is 5.41 Å². The second kappa shape index (κ2) is 17.1. The van der Waals surface area contributed by atoms with Gasteiger partial charge in [-0.3, -0.25) is 15.0 Å². The second-order valence-electron chi connectivity index (χ2n) is 20.0. The first-order valence-corrected chi connectivity index (χ1v) is 25.9. The van der Waals surface area contributed by atoms with Gasteiger partial charge >= 0.3 is 0 Å². The Balaban J connectivity index is 1.07. The summed E-state index contributed by atoms with van der Waals surface area (Å²) < 4.78 is 7.44. The molecular weight excluding hydrogens is 927 g/mol. The first-order chi connectivity index (χ1) is 37.5. The molecule has 2 aliphatic carbocycles. The number of rotatable bonds is 8. The van der Waals surface area contributed by atoms with Gasteiger partial charge in [-0.2, -0.15) is 0 Å².